The van der Waals surface area contributed by atoms with Crippen molar-refractivity contribution in [2.24, 2.45) is 5.92 Å². The molecule has 2 amide bonds. The lowest BCUT2D eigenvalue weighted by Crippen LogP contribution is -2.52. The largest absolute Gasteiger partial charge is 0.344 e. The lowest BCUT2D eigenvalue weighted by Gasteiger charge is -2.33. The predicted octanol–water partition coefficient (Wildman–Crippen LogP) is -0.782. The van der Waals surface area contributed by atoms with Gasteiger partial charge in [-0.1, -0.05) is 0 Å². The molecule has 0 saturated carbocycles. The van der Waals surface area contributed by atoms with Crippen LogP contribution in [0.3, 0.4) is 0 Å². The van der Waals surface area contributed by atoms with E-state index in [9.17, 15) is 9.59 Å². The van der Waals surface area contributed by atoms with Gasteiger partial charge in [0.1, 0.15) is 0 Å². The number of piperazine rings is 1. The fourth-order valence-electron chi connectivity index (χ4n) is 3.01. The summed E-state index contributed by atoms with van der Waals surface area (Å²) in [5, 5.41) is 3.02. The van der Waals surface area contributed by atoms with Crippen molar-refractivity contribution in [2.75, 3.05) is 59.9 Å². The Morgan fingerprint density at radius 3 is 2.95 bits per heavy atom. The van der Waals surface area contributed by atoms with E-state index in [1.54, 1.807) is 9.80 Å². The average Bonchev–Trinajstić information content (AvgIpc) is 2.41. The first-order valence-corrected chi connectivity index (χ1v) is 7.47. The van der Waals surface area contributed by atoms with Crippen molar-refractivity contribution in [3.63, 3.8) is 0 Å². The van der Waals surface area contributed by atoms with Crippen LogP contribution in [0.25, 0.3) is 0 Å². The van der Waals surface area contributed by atoms with E-state index in [0.29, 0.717) is 19.0 Å². The molecule has 2 aliphatic heterocycles. The minimum atomic E-state index is 0.0235. The Labute approximate surface area is 121 Å². The van der Waals surface area contributed by atoms with Gasteiger partial charge < -0.3 is 20.0 Å². The number of amides is 2. The zero-order valence-corrected chi connectivity index (χ0v) is 12.6. The van der Waals surface area contributed by atoms with Crippen LogP contribution < -0.4 is 5.32 Å². The zero-order chi connectivity index (χ0) is 14.5. The average molecular weight is 282 g/mol. The van der Waals surface area contributed by atoms with E-state index in [1.807, 2.05) is 7.05 Å². The van der Waals surface area contributed by atoms with Gasteiger partial charge in [0.05, 0.1) is 13.1 Å². The smallest absolute Gasteiger partial charge is 0.241 e. The van der Waals surface area contributed by atoms with E-state index < -0.39 is 0 Å². The van der Waals surface area contributed by atoms with Crippen LogP contribution in [0.4, 0.5) is 0 Å². The Hall–Kier alpha value is -1.14. The molecule has 20 heavy (non-hydrogen) atoms. The highest BCUT2D eigenvalue weighted by Crippen LogP contribution is 2.16. The van der Waals surface area contributed by atoms with Crippen molar-refractivity contribution < 1.29 is 9.59 Å². The van der Waals surface area contributed by atoms with Gasteiger partial charge >= 0.3 is 0 Å². The Morgan fingerprint density at radius 2 is 2.25 bits per heavy atom. The molecule has 1 atom stereocenters. The summed E-state index contributed by atoms with van der Waals surface area (Å²) in [4.78, 5) is 29.7. The molecule has 0 aromatic heterocycles. The molecule has 114 valence electrons. The van der Waals surface area contributed by atoms with Crippen LogP contribution in [0.1, 0.15) is 12.8 Å². The summed E-state index contributed by atoms with van der Waals surface area (Å²) in [6, 6.07) is 0. The highest BCUT2D eigenvalue weighted by Gasteiger charge is 2.24. The number of carbonyl (C=O) groups excluding carboxylic acids is 2. The first-order valence-electron chi connectivity index (χ1n) is 7.47. The second-order valence-corrected chi connectivity index (χ2v) is 6.04. The molecule has 0 bridgehead atoms. The minimum absolute atomic E-state index is 0.0235. The van der Waals surface area contributed by atoms with Crippen LogP contribution in [0.15, 0.2) is 0 Å². The third-order valence-electron chi connectivity index (χ3n) is 4.19. The van der Waals surface area contributed by atoms with Crippen LogP contribution in [-0.2, 0) is 9.59 Å². The SMILES string of the molecule is CN1CCC[C@H](CN(C)C(=O)CN2CCNCC2=O)C1. The highest BCUT2D eigenvalue weighted by atomic mass is 16.2. The number of nitrogens with zero attached hydrogens (tertiary/aromatic N) is 3. The quantitative estimate of drug-likeness (QED) is 0.735. The van der Waals surface area contributed by atoms with Crippen molar-refractivity contribution in [3.8, 4) is 0 Å². The molecule has 6 heteroatoms. The second kappa shape index (κ2) is 7.04. The van der Waals surface area contributed by atoms with Crippen molar-refractivity contribution in [3.05, 3.63) is 0 Å². The van der Waals surface area contributed by atoms with Crippen molar-refractivity contribution in [1.29, 1.82) is 0 Å². The minimum Gasteiger partial charge on any atom is -0.344 e. The van der Waals surface area contributed by atoms with Crippen molar-refractivity contribution >= 4 is 11.8 Å². The van der Waals surface area contributed by atoms with Gasteiger partial charge in [-0.25, -0.2) is 0 Å². The van der Waals surface area contributed by atoms with E-state index in [-0.39, 0.29) is 18.4 Å². The number of hydrogen-bond acceptors (Lipinski definition) is 4. The topological polar surface area (TPSA) is 55.9 Å². The van der Waals surface area contributed by atoms with E-state index in [2.05, 4.69) is 17.3 Å². The molecule has 0 aliphatic carbocycles. The molecule has 0 spiro atoms. The van der Waals surface area contributed by atoms with Crippen LogP contribution in [0.5, 0.6) is 0 Å². The standard InChI is InChI=1S/C14H26N4O2/c1-16-6-3-4-12(9-16)10-17(2)14(20)11-18-7-5-15-8-13(18)19/h12,15H,3-11H2,1-2H3/t12-/m0/s1. The number of likely N-dealkylation sites (N-methyl/N-ethyl adjacent to an activating group) is 1. The summed E-state index contributed by atoms with van der Waals surface area (Å²) in [7, 11) is 3.98. The zero-order valence-electron chi connectivity index (χ0n) is 12.6. The van der Waals surface area contributed by atoms with Crippen LogP contribution in [0.2, 0.25) is 0 Å². The predicted molar refractivity (Wildman–Crippen MR) is 77.3 cm³/mol. The van der Waals surface area contributed by atoms with Crippen molar-refractivity contribution in [1.82, 2.24) is 20.0 Å². The molecule has 0 unspecified atom stereocenters. The molecule has 2 rings (SSSR count). The summed E-state index contributed by atoms with van der Waals surface area (Å²) in [5.74, 6) is 0.630. The first kappa shape index (κ1) is 15.3. The second-order valence-electron chi connectivity index (χ2n) is 6.04. The molecule has 1 N–H and O–H groups in total. The molecule has 0 aromatic rings. The van der Waals surface area contributed by atoms with Gasteiger partial charge in [0.2, 0.25) is 11.8 Å². The molecule has 2 saturated heterocycles. The number of likely N-dealkylation sites (tertiary alicyclic amines) is 1. The monoisotopic (exact) mass is 282 g/mol. The maximum atomic E-state index is 12.2. The molecule has 6 nitrogen and oxygen atoms in total. The first-order chi connectivity index (χ1) is 9.56. The summed E-state index contributed by atoms with van der Waals surface area (Å²) >= 11 is 0. The fraction of sp³-hybridized carbons (Fsp3) is 0.857. The third kappa shape index (κ3) is 4.18. The van der Waals surface area contributed by atoms with Gasteiger partial charge in [-0.15, -0.1) is 0 Å². The Bertz CT molecular complexity index is 361. The van der Waals surface area contributed by atoms with Crippen LogP contribution in [-0.4, -0.2) is 86.4 Å². The van der Waals surface area contributed by atoms with Gasteiger partial charge in [-0.05, 0) is 32.4 Å². The maximum Gasteiger partial charge on any atom is 0.241 e. The van der Waals surface area contributed by atoms with Crippen LogP contribution in [0, 0.1) is 5.92 Å². The maximum absolute atomic E-state index is 12.2. The summed E-state index contributed by atoms with van der Waals surface area (Å²) < 4.78 is 0. The van der Waals surface area contributed by atoms with Crippen molar-refractivity contribution in [2.45, 2.75) is 12.8 Å². The number of nitrogens with one attached hydrogen (secondary N) is 1. The molecule has 2 fully saturated rings. The Kier molecular flexibility index (Phi) is 5.37. The summed E-state index contributed by atoms with van der Waals surface area (Å²) in [5.41, 5.74) is 0. The Morgan fingerprint density at radius 1 is 1.45 bits per heavy atom. The number of piperidine rings is 1. The molecule has 2 heterocycles. The number of hydrogen-bond donors (Lipinski definition) is 1. The molecular weight excluding hydrogens is 256 g/mol. The lowest BCUT2D eigenvalue weighted by molar-refractivity contribution is -0.140. The molecule has 0 radical (unpaired) electrons. The summed E-state index contributed by atoms with van der Waals surface area (Å²) in [6.07, 6.45) is 2.40. The van der Waals surface area contributed by atoms with Gasteiger partial charge in [0.25, 0.3) is 0 Å². The van der Waals surface area contributed by atoms with Gasteiger partial charge in [0.15, 0.2) is 0 Å². The molecule has 0 aromatic carbocycles. The Balaban J connectivity index is 1.77. The fourth-order valence-corrected chi connectivity index (χ4v) is 3.01. The van der Waals surface area contributed by atoms with E-state index in [1.165, 1.54) is 12.8 Å². The number of carbonyl (C=O) groups is 2. The third-order valence-corrected chi connectivity index (χ3v) is 4.19. The normalized spacial score (nSPS) is 24.8. The van der Waals surface area contributed by atoms with E-state index >= 15 is 0 Å². The molecule has 2 aliphatic rings. The van der Waals surface area contributed by atoms with E-state index in [4.69, 9.17) is 0 Å². The van der Waals surface area contributed by atoms with E-state index in [0.717, 1.165) is 26.2 Å². The molecular formula is C14H26N4O2. The van der Waals surface area contributed by atoms with Gasteiger partial charge in [-0.3, -0.25) is 9.59 Å². The summed E-state index contributed by atoms with van der Waals surface area (Å²) in [6.45, 7) is 4.99. The number of rotatable bonds is 4. The van der Waals surface area contributed by atoms with Gasteiger partial charge in [-0.2, -0.15) is 0 Å². The lowest BCUT2D eigenvalue weighted by atomic mass is 9.98. The highest BCUT2D eigenvalue weighted by molar-refractivity contribution is 5.86. The van der Waals surface area contributed by atoms with Gasteiger partial charge in [0, 0.05) is 33.2 Å². The van der Waals surface area contributed by atoms with Crippen LogP contribution >= 0.6 is 0 Å².